The van der Waals surface area contributed by atoms with Gasteiger partial charge in [-0.1, -0.05) is 0 Å². The van der Waals surface area contributed by atoms with E-state index in [9.17, 15) is 4.79 Å². The molecular formula is C20H21N5O3S. The number of amides is 1. The predicted octanol–water partition coefficient (Wildman–Crippen LogP) is 2.38. The molecule has 150 valence electrons. The SMILES string of the molecule is COc1ccc(-c2nc(CNC(=O)c3cc(N4CCOCC4)ncn3)cs2)cc1. The molecule has 1 aliphatic heterocycles. The average Bonchev–Trinajstić information content (AvgIpc) is 3.27. The summed E-state index contributed by atoms with van der Waals surface area (Å²) in [4.78, 5) is 27.6. The summed E-state index contributed by atoms with van der Waals surface area (Å²) in [6.07, 6.45) is 1.42. The Labute approximate surface area is 172 Å². The van der Waals surface area contributed by atoms with Crippen LogP contribution in [0.2, 0.25) is 0 Å². The molecule has 0 atom stereocenters. The minimum atomic E-state index is -0.249. The number of anilines is 1. The Kier molecular flexibility index (Phi) is 5.97. The number of nitrogens with one attached hydrogen (secondary N) is 1. The summed E-state index contributed by atoms with van der Waals surface area (Å²) in [7, 11) is 1.64. The fourth-order valence-corrected chi connectivity index (χ4v) is 3.78. The molecule has 1 aromatic carbocycles. The molecule has 2 aromatic heterocycles. The molecule has 1 fully saturated rings. The highest BCUT2D eigenvalue weighted by Gasteiger charge is 2.16. The van der Waals surface area contributed by atoms with Crippen LogP contribution in [-0.2, 0) is 11.3 Å². The van der Waals surface area contributed by atoms with Crippen molar-refractivity contribution >= 4 is 23.1 Å². The number of carbonyl (C=O) groups excluding carboxylic acids is 1. The zero-order chi connectivity index (χ0) is 20.1. The molecule has 0 spiro atoms. The van der Waals surface area contributed by atoms with Crippen molar-refractivity contribution in [2.75, 3.05) is 38.3 Å². The Bertz CT molecular complexity index is 970. The second-order valence-electron chi connectivity index (χ2n) is 6.42. The lowest BCUT2D eigenvalue weighted by Gasteiger charge is -2.27. The van der Waals surface area contributed by atoms with Crippen LogP contribution >= 0.6 is 11.3 Å². The third kappa shape index (κ3) is 4.69. The van der Waals surface area contributed by atoms with Gasteiger partial charge in [-0.2, -0.15) is 0 Å². The average molecular weight is 411 g/mol. The molecule has 0 saturated carbocycles. The second kappa shape index (κ2) is 8.97. The lowest BCUT2D eigenvalue weighted by molar-refractivity contribution is 0.0945. The monoisotopic (exact) mass is 411 g/mol. The Morgan fingerprint density at radius 1 is 1.24 bits per heavy atom. The number of benzene rings is 1. The van der Waals surface area contributed by atoms with Crippen molar-refractivity contribution in [2.24, 2.45) is 0 Å². The highest BCUT2D eigenvalue weighted by atomic mass is 32.1. The number of hydrogen-bond acceptors (Lipinski definition) is 8. The van der Waals surface area contributed by atoms with Crippen LogP contribution in [0.4, 0.5) is 5.82 Å². The Morgan fingerprint density at radius 2 is 2.03 bits per heavy atom. The number of morpholine rings is 1. The molecule has 4 rings (SSSR count). The Morgan fingerprint density at radius 3 is 2.79 bits per heavy atom. The Balaban J connectivity index is 1.38. The van der Waals surface area contributed by atoms with E-state index in [1.165, 1.54) is 17.7 Å². The zero-order valence-electron chi connectivity index (χ0n) is 16.0. The lowest BCUT2D eigenvalue weighted by atomic mass is 10.2. The van der Waals surface area contributed by atoms with Gasteiger partial charge in [0.05, 0.1) is 32.6 Å². The first-order chi connectivity index (χ1) is 14.2. The molecule has 3 heterocycles. The largest absolute Gasteiger partial charge is 0.497 e. The maximum absolute atomic E-state index is 12.5. The molecule has 1 saturated heterocycles. The summed E-state index contributed by atoms with van der Waals surface area (Å²) in [5, 5.41) is 5.72. The standard InChI is InChI=1S/C20H21N5O3S/c1-27-16-4-2-14(3-5-16)20-24-15(12-29-20)11-21-19(26)17-10-18(23-13-22-17)25-6-8-28-9-7-25/h2-5,10,12-13H,6-9,11H2,1H3,(H,21,26). The normalized spacial score (nSPS) is 13.9. The van der Waals surface area contributed by atoms with Crippen molar-refractivity contribution < 1.29 is 14.3 Å². The summed E-state index contributed by atoms with van der Waals surface area (Å²) in [6, 6.07) is 9.45. The predicted molar refractivity (Wildman–Crippen MR) is 110 cm³/mol. The molecule has 8 nitrogen and oxygen atoms in total. The molecule has 0 radical (unpaired) electrons. The third-order valence-corrected chi connectivity index (χ3v) is 5.48. The summed E-state index contributed by atoms with van der Waals surface area (Å²) in [6.45, 7) is 3.16. The van der Waals surface area contributed by atoms with E-state index < -0.39 is 0 Å². The van der Waals surface area contributed by atoms with Crippen LogP contribution < -0.4 is 15.0 Å². The van der Waals surface area contributed by atoms with Crippen LogP contribution in [0.5, 0.6) is 5.75 Å². The first-order valence-electron chi connectivity index (χ1n) is 9.25. The number of ether oxygens (including phenoxy) is 2. The third-order valence-electron chi connectivity index (χ3n) is 4.54. The van der Waals surface area contributed by atoms with Gasteiger partial charge in [-0.05, 0) is 24.3 Å². The van der Waals surface area contributed by atoms with Gasteiger partial charge in [-0.25, -0.2) is 15.0 Å². The van der Waals surface area contributed by atoms with E-state index >= 15 is 0 Å². The van der Waals surface area contributed by atoms with E-state index in [2.05, 4.69) is 25.2 Å². The van der Waals surface area contributed by atoms with Crippen LogP contribution in [0.25, 0.3) is 10.6 Å². The van der Waals surface area contributed by atoms with Crippen LogP contribution in [0.3, 0.4) is 0 Å². The van der Waals surface area contributed by atoms with Gasteiger partial charge in [0.25, 0.3) is 5.91 Å². The van der Waals surface area contributed by atoms with Crippen molar-refractivity contribution in [3.05, 3.63) is 53.4 Å². The number of thiazole rings is 1. The van der Waals surface area contributed by atoms with Gasteiger partial charge < -0.3 is 19.7 Å². The number of carbonyl (C=O) groups is 1. The van der Waals surface area contributed by atoms with Gasteiger partial charge in [0.15, 0.2) is 0 Å². The lowest BCUT2D eigenvalue weighted by Crippen LogP contribution is -2.37. The molecular weight excluding hydrogens is 390 g/mol. The fourth-order valence-electron chi connectivity index (χ4n) is 2.95. The van der Waals surface area contributed by atoms with E-state index in [-0.39, 0.29) is 5.91 Å². The first-order valence-corrected chi connectivity index (χ1v) is 10.1. The minimum absolute atomic E-state index is 0.249. The smallest absolute Gasteiger partial charge is 0.270 e. The zero-order valence-corrected chi connectivity index (χ0v) is 16.8. The molecule has 1 amide bonds. The topological polar surface area (TPSA) is 89.5 Å². The maximum Gasteiger partial charge on any atom is 0.270 e. The number of hydrogen-bond donors (Lipinski definition) is 1. The molecule has 0 aliphatic carbocycles. The second-order valence-corrected chi connectivity index (χ2v) is 7.27. The van der Waals surface area contributed by atoms with E-state index in [4.69, 9.17) is 9.47 Å². The number of rotatable bonds is 6. The number of nitrogens with zero attached hydrogens (tertiary/aromatic N) is 4. The van der Waals surface area contributed by atoms with Gasteiger partial charge in [-0.15, -0.1) is 11.3 Å². The molecule has 3 aromatic rings. The molecule has 1 aliphatic rings. The van der Waals surface area contributed by atoms with Crippen LogP contribution in [-0.4, -0.2) is 54.3 Å². The van der Waals surface area contributed by atoms with E-state index in [1.807, 2.05) is 29.6 Å². The van der Waals surface area contributed by atoms with Crippen molar-refractivity contribution in [3.63, 3.8) is 0 Å². The van der Waals surface area contributed by atoms with Crippen molar-refractivity contribution in [1.29, 1.82) is 0 Å². The molecule has 0 unspecified atom stereocenters. The number of methoxy groups -OCH3 is 1. The van der Waals surface area contributed by atoms with Crippen molar-refractivity contribution in [3.8, 4) is 16.3 Å². The minimum Gasteiger partial charge on any atom is -0.497 e. The molecule has 29 heavy (non-hydrogen) atoms. The highest BCUT2D eigenvalue weighted by Crippen LogP contribution is 2.25. The maximum atomic E-state index is 12.5. The van der Waals surface area contributed by atoms with Crippen molar-refractivity contribution in [1.82, 2.24) is 20.3 Å². The van der Waals surface area contributed by atoms with Crippen LogP contribution in [0, 0.1) is 0 Å². The first kappa shape index (κ1) is 19.3. The highest BCUT2D eigenvalue weighted by molar-refractivity contribution is 7.13. The van der Waals surface area contributed by atoms with Crippen LogP contribution in [0.15, 0.2) is 42.0 Å². The quantitative estimate of drug-likeness (QED) is 0.666. The van der Waals surface area contributed by atoms with Gasteiger partial charge >= 0.3 is 0 Å². The van der Waals surface area contributed by atoms with Crippen LogP contribution in [0.1, 0.15) is 16.2 Å². The summed E-state index contributed by atoms with van der Waals surface area (Å²) in [5.41, 5.74) is 2.16. The molecule has 0 bridgehead atoms. The molecule has 9 heteroatoms. The summed E-state index contributed by atoms with van der Waals surface area (Å²) in [5.74, 6) is 1.30. The summed E-state index contributed by atoms with van der Waals surface area (Å²) < 4.78 is 10.5. The number of aromatic nitrogens is 3. The van der Waals surface area contributed by atoms with Crippen molar-refractivity contribution in [2.45, 2.75) is 6.54 Å². The fraction of sp³-hybridized carbons (Fsp3) is 0.300. The molecule has 1 N–H and O–H groups in total. The van der Waals surface area contributed by atoms with Gasteiger partial charge in [-0.3, -0.25) is 4.79 Å². The van der Waals surface area contributed by atoms with Gasteiger partial charge in [0, 0.05) is 30.1 Å². The Hall–Kier alpha value is -3.04. The van der Waals surface area contributed by atoms with E-state index in [1.54, 1.807) is 13.2 Å². The van der Waals surface area contributed by atoms with Gasteiger partial charge in [0.2, 0.25) is 0 Å². The summed E-state index contributed by atoms with van der Waals surface area (Å²) >= 11 is 1.54. The van der Waals surface area contributed by atoms with E-state index in [0.29, 0.717) is 25.5 Å². The van der Waals surface area contributed by atoms with E-state index in [0.717, 1.165) is 40.9 Å². The van der Waals surface area contributed by atoms with Gasteiger partial charge in [0.1, 0.15) is 28.6 Å².